The van der Waals surface area contributed by atoms with E-state index in [-0.39, 0.29) is 18.6 Å². The minimum atomic E-state index is -1.04. The third kappa shape index (κ3) is 3.36. The standard InChI is InChI=1S/C15H19NO4/c1-10-3-6-12(7-4-10)16(9-14(17)18)15(19)13-8-5-11(2)20-13/h3-4,6-7,11,13H,5,8-9H2,1-2H3,(H,17,18). The van der Waals surface area contributed by atoms with E-state index in [0.29, 0.717) is 12.1 Å². The van der Waals surface area contributed by atoms with Crippen molar-refractivity contribution < 1.29 is 19.4 Å². The molecule has 1 N–H and O–H groups in total. The molecule has 2 atom stereocenters. The summed E-state index contributed by atoms with van der Waals surface area (Å²) in [6.07, 6.45) is 0.979. The molecule has 1 heterocycles. The van der Waals surface area contributed by atoms with Crippen molar-refractivity contribution in [1.29, 1.82) is 0 Å². The van der Waals surface area contributed by atoms with E-state index in [0.717, 1.165) is 12.0 Å². The van der Waals surface area contributed by atoms with Crippen molar-refractivity contribution in [3.8, 4) is 0 Å². The summed E-state index contributed by atoms with van der Waals surface area (Å²) in [5.74, 6) is -1.31. The van der Waals surface area contributed by atoms with Crippen LogP contribution in [0.2, 0.25) is 0 Å². The molecule has 1 amide bonds. The van der Waals surface area contributed by atoms with Gasteiger partial charge in [-0.15, -0.1) is 0 Å². The smallest absolute Gasteiger partial charge is 0.323 e. The number of ether oxygens (including phenoxy) is 1. The van der Waals surface area contributed by atoms with Crippen LogP contribution < -0.4 is 4.90 Å². The van der Waals surface area contributed by atoms with Crippen LogP contribution in [0.5, 0.6) is 0 Å². The molecule has 1 aromatic carbocycles. The first-order valence-corrected chi connectivity index (χ1v) is 6.72. The van der Waals surface area contributed by atoms with E-state index in [9.17, 15) is 9.59 Å². The molecular weight excluding hydrogens is 258 g/mol. The van der Waals surface area contributed by atoms with Gasteiger partial charge in [0, 0.05) is 5.69 Å². The average molecular weight is 277 g/mol. The molecule has 1 aromatic rings. The average Bonchev–Trinajstić information content (AvgIpc) is 2.83. The Balaban J connectivity index is 2.20. The minimum Gasteiger partial charge on any atom is -0.480 e. The van der Waals surface area contributed by atoms with Crippen LogP contribution in [0, 0.1) is 6.92 Å². The van der Waals surface area contributed by atoms with E-state index in [1.807, 2.05) is 26.0 Å². The quantitative estimate of drug-likeness (QED) is 0.913. The first kappa shape index (κ1) is 14.5. The van der Waals surface area contributed by atoms with Gasteiger partial charge in [-0.05, 0) is 38.8 Å². The lowest BCUT2D eigenvalue weighted by atomic mass is 10.1. The van der Waals surface area contributed by atoms with Crippen LogP contribution in [-0.4, -0.2) is 35.7 Å². The highest BCUT2D eigenvalue weighted by Gasteiger charge is 2.33. The van der Waals surface area contributed by atoms with Crippen molar-refractivity contribution in [1.82, 2.24) is 0 Å². The van der Waals surface area contributed by atoms with Crippen LogP contribution in [0.25, 0.3) is 0 Å². The topological polar surface area (TPSA) is 66.8 Å². The van der Waals surface area contributed by atoms with E-state index in [1.165, 1.54) is 4.90 Å². The van der Waals surface area contributed by atoms with Crippen molar-refractivity contribution in [3.05, 3.63) is 29.8 Å². The molecule has 0 aliphatic carbocycles. The lowest BCUT2D eigenvalue weighted by Gasteiger charge is -2.24. The number of nitrogens with zero attached hydrogens (tertiary/aromatic N) is 1. The SMILES string of the molecule is Cc1ccc(N(CC(=O)O)C(=O)C2CCC(C)O2)cc1. The second-order valence-corrected chi connectivity index (χ2v) is 5.17. The minimum absolute atomic E-state index is 0.0497. The second-order valence-electron chi connectivity index (χ2n) is 5.17. The van der Waals surface area contributed by atoms with Crippen LogP contribution in [0.15, 0.2) is 24.3 Å². The number of aliphatic carboxylic acids is 1. The fourth-order valence-corrected chi connectivity index (χ4v) is 2.31. The molecule has 0 spiro atoms. The predicted octanol–water partition coefficient (Wildman–Crippen LogP) is 1.98. The summed E-state index contributed by atoms with van der Waals surface area (Å²) in [6.45, 7) is 3.51. The van der Waals surface area contributed by atoms with Crippen molar-refractivity contribution in [2.45, 2.75) is 38.9 Å². The Morgan fingerprint density at radius 1 is 1.30 bits per heavy atom. The molecule has 20 heavy (non-hydrogen) atoms. The van der Waals surface area contributed by atoms with Crippen molar-refractivity contribution >= 4 is 17.6 Å². The number of amides is 1. The Bertz CT molecular complexity index is 497. The lowest BCUT2D eigenvalue weighted by Crippen LogP contribution is -2.42. The first-order valence-electron chi connectivity index (χ1n) is 6.72. The molecule has 1 aliphatic heterocycles. The molecule has 2 rings (SSSR count). The van der Waals surface area contributed by atoms with Gasteiger partial charge >= 0.3 is 5.97 Å². The molecule has 1 aliphatic rings. The normalized spacial score (nSPS) is 21.7. The number of carboxylic acid groups (broad SMARTS) is 1. The Morgan fingerprint density at radius 2 is 1.95 bits per heavy atom. The molecule has 1 saturated heterocycles. The van der Waals surface area contributed by atoms with Crippen molar-refractivity contribution in [3.63, 3.8) is 0 Å². The zero-order valence-corrected chi connectivity index (χ0v) is 11.7. The maximum absolute atomic E-state index is 12.4. The Hall–Kier alpha value is -1.88. The summed E-state index contributed by atoms with van der Waals surface area (Å²) in [6, 6.07) is 7.23. The zero-order chi connectivity index (χ0) is 14.7. The van der Waals surface area contributed by atoms with Gasteiger partial charge in [0.1, 0.15) is 12.6 Å². The van der Waals surface area contributed by atoms with E-state index >= 15 is 0 Å². The van der Waals surface area contributed by atoms with E-state index in [4.69, 9.17) is 9.84 Å². The number of aryl methyl sites for hydroxylation is 1. The van der Waals surface area contributed by atoms with Gasteiger partial charge in [-0.25, -0.2) is 0 Å². The van der Waals surface area contributed by atoms with Gasteiger partial charge in [-0.1, -0.05) is 17.7 Å². The van der Waals surface area contributed by atoms with Crippen LogP contribution in [-0.2, 0) is 14.3 Å². The van der Waals surface area contributed by atoms with Gasteiger partial charge in [0.25, 0.3) is 5.91 Å². The Morgan fingerprint density at radius 3 is 2.45 bits per heavy atom. The number of anilines is 1. The maximum atomic E-state index is 12.4. The lowest BCUT2D eigenvalue weighted by molar-refractivity contribution is -0.138. The summed E-state index contributed by atoms with van der Waals surface area (Å²) in [5.41, 5.74) is 1.65. The number of carboxylic acids is 1. The van der Waals surface area contributed by atoms with Gasteiger partial charge in [-0.3, -0.25) is 14.5 Å². The van der Waals surface area contributed by atoms with Crippen molar-refractivity contribution in [2.75, 3.05) is 11.4 Å². The predicted molar refractivity (Wildman–Crippen MR) is 74.7 cm³/mol. The third-order valence-electron chi connectivity index (χ3n) is 3.41. The maximum Gasteiger partial charge on any atom is 0.323 e. The number of carbonyl (C=O) groups is 2. The summed E-state index contributed by atoms with van der Waals surface area (Å²) in [5, 5.41) is 9.01. The fraction of sp³-hybridized carbons (Fsp3) is 0.467. The molecule has 108 valence electrons. The summed E-state index contributed by atoms with van der Waals surface area (Å²) < 4.78 is 5.55. The van der Waals surface area contributed by atoms with Crippen LogP contribution in [0.4, 0.5) is 5.69 Å². The monoisotopic (exact) mass is 277 g/mol. The molecule has 2 unspecified atom stereocenters. The fourth-order valence-electron chi connectivity index (χ4n) is 2.31. The number of carbonyl (C=O) groups excluding carboxylic acids is 1. The van der Waals surface area contributed by atoms with Gasteiger partial charge in [-0.2, -0.15) is 0 Å². The highest BCUT2D eigenvalue weighted by molar-refractivity contribution is 6.00. The highest BCUT2D eigenvalue weighted by Crippen LogP contribution is 2.24. The molecule has 0 saturated carbocycles. The van der Waals surface area contributed by atoms with E-state index < -0.39 is 12.1 Å². The van der Waals surface area contributed by atoms with Gasteiger partial charge in [0.05, 0.1) is 6.10 Å². The van der Waals surface area contributed by atoms with Gasteiger partial charge in [0.15, 0.2) is 0 Å². The van der Waals surface area contributed by atoms with Gasteiger partial charge < -0.3 is 9.84 Å². The molecule has 5 heteroatoms. The number of benzene rings is 1. The number of hydrogen-bond acceptors (Lipinski definition) is 3. The van der Waals surface area contributed by atoms with Crippen molar-refractivity contribution in [2.24, 2.45) is 0 Å². The van der Waals surface area contributed by atoms with Crippen LogP contribution >= 0.6 is 0 Å². The second kappa shape index (κ2) is 6.05. The van der Waals surface area contributed by atoms with Gasteiger partial charge in [0.2, 0.25) is 0 Å². The Labute approximate surface area is 118 Å². The molecule has 5 nitrogen and oxygen atoms in total. The molecule has 0 radical (unpaired) electrons. The third-order valence-corrected chi connectivity index (χ3v) is 3.41. The zero-order valence-electron chi connectivity index (χ0n) is 11.7. The summed E-state index contributed by atoms with van der Waals surface area (Å²) in [4.78, 5) is 24.7. The Kier molecular flexibility index (Phi) is 4.39. The highest BCUT2D eigenvalue weighted by atomic mass is 16.5. The van der Waals surface area contributed by atoms with E-state index in [1.54, 1.807) is 12.1 Å². The number of hydrogen-bond donors (Lipinski definition) is 1. The first-order chi connectivity index (χ1) is 9.47. The molecule has 0 aromatic heterocycles. The molecular formula is C15H19NO4. The molecule has 1 fully saturated rings. The van der Waals surface area contributed by atoms with Crippen LogP contribution in [0.1, 0.15) is 25.3 Å². The summed E-state index contributed by atoms with van der Waals surface area (Å²) in [7, 11) is 0. The largest absolute Gasteiger partial charge is 0.480 e. The molecule has 0 bridgehead atoms. The van der Waals surface area contributed by atoms with E-state index in [2.05, 4.69) is 0 Å². The number of rotatable bonds is 4. The summed E-state index contributed by atoms with van der Waals surface area (Å²) >= 11 is 0. The van der Waals surface area contributed by atoms with Crippen LogP contribution in [0.3, 0.4) is 0 Å².